The van der Waals surface area contributed by atoms with Crippen LogP contribution >= 0.6 is 15.9 Å². The molecular weight excluding hydrogens is 518 g/mol. The maximum absolute atomic E-state index is 14.3. The molecule has 3 aromatic carbocycles. The summed E-state index contributed by atoms with van der Waals surface area (Å²) >= 11 is 3.43. The van der Waals surface area contributed by atoms with Crippen molar-refractivity contribution < 1.29 is 18.3 Å². The molecule has 0 radical (unpaired) electrons. The fraction of sp³-hybridized carbons (Fsp3) is 0.154. The van der Waals surface area contributed by atoms with Crippen molar-refractivity contribution in [3.05, 3.63) is 100 Å². The van der Waals surface area contributed by atoms with Gasteiger partial charge in [0.15, 0.2) is 6.23 Å². The highest BCUT2D eigenvalue weighted by Crippen LogP contribution is 2.35. The summed E-state index contributed by atoms with van der Waals surface area (Å²) in [6.07, 6.45) is 1.35. The average molecular weight is 539 g/mol. The topological polar surface area (TPSA) is 73.4 Å². The quantitative estimate of drug-likeness (QED) is 0.340. The molecule has 1 amide bonds. The van der Waals surface area contributed by atoms with E-state index in [9.17, 15) is 13.6 Å². The Hall–Kier alpha value is -3.56. The number of halogens is 3. The summed E-state index contributed by atoms with van der Waals surface area (Å²) < 4.78 is 36.4. The van der Waals surface area contributed by atoms with Gasteiger partial charge in [0, 0.05) is 28.5 Å². The van der Waals surface area contributed by atoms with E-state index in [2.05, 4.69) is 15.9 Å². The molecule has 1 fully saturated rings. The van der Waals surface area contributed by atoms with Crippen molar-refractivity contribution in [1.82, 2.24) is 14.7 Å². The molecule has 4 aromatic rings. The Bertz CT molecular complexity index is 1370. The Labute approximate surface area is 209 Å². The number of hydrogen-bond donors (Lipinski definition) is 1. The standard InChI is InChI=1S/C26H21BrF2N4O2/c27-18-4-9-21(10-5-18)33-14-22(16-1-6-19(28)7-2-16)25(31-33)26-32(24(34)15-35-26)12-11-17-3-8-20(30)13-23(17)29/h1-10,13-14,26H,11-12,15,30H2/t26-/m0/s1. The van der Waals surface area contributed by atoms with E-state index in [4.69, 9.17) is 15.6 Å². The van der Waals surface area contributed by atoms with Gasteiger partial charge in [0.1, 0.15) is 23.9 Å². The third-order valence-corrected chi connectivity index (χ3v) is 6.42. The Kier molecular flexibility index (Phi) is 6.36. The molecule has 1 aromatic heterocycles. The summed E-state index contributed by atoms with van der Waals surface area (Å²) in [6.45, 7) is 0.126. The van der Waals surface area contributed by atoms with E-state index in [1.165, 1.54) is 18.2 Å². The minimum Gasteiger partial charge on any atom is -0.399 e. The van der Waals surface area contributed by atoms with Crippen LogP contribution in [0.1, 0.15) is 17.5 Å². The Balaban J connectivity index is 1.51. The van der Waals surface area contributed by atoms with Crippen molar-refractivity contribution in [2.75, 3.05) is 18.9 Å². The van der Waals surface area contributed by atoms with E-state index in [0.29, 0.717) is 22.5 Å². The van der Waals surface area contributed by atoms with Gasteiger partial charge in [-0.15, -0.1) is 0 Å². The van der Waals surface area contributed by atoms with Crippen molar-refractivity contribution in [3.63, 3.8) is 0 Å². The van der Waals surface area contributed by atoms with E-state index in [0.717, 1.165) is 15.7 Å². The number of nitrogens with two attached hydrogens (primary N) is 1. The molecular formula is C26H21BrF2N4O2. The summed E-state index contributed by atoms with van der Waals surface area (Å²) in [5.74, 6) is -0.982. The fourth-order valence-corrected chi connectivity index (χ4v) is 4.34. The molecule has 35 heavy (non-hydrogen) atoms. The summed E-state index contributed by atoms with van der Waals surface area (Å²) in [7, 11) is 0. The summed E-state index contributed by atoms with van der Waals surface area (Å²) in [4.78, 5) is 14.3. The molecule has 1 atom stereocenters. The Morgan fingerprint density at radius 2 is 1.80 bits per heavy atom. The predicted molar refractivity (Wildman–Crippen MR) is 132 cm³/mol. The second kappa shape index (κ2) is 9.59. The molecule has 1 saturated heterocycles. The number of ether oxygens (including phenoxy) is 1. The Morgan fingerprint density at radius 3 is 2.51 bits per heavy atom. The van der Waals surface area contributed by atoms with Crippen LogP contribution in [-0.2, 0) is 16.0 Å². The first-order valence-electron chi connectivity index (χ1n) is 11.0. The summed E-state index contributed by atoms with van der Waals surface area (Å²) in [5, 5.41) is 4.76. The van der Waals surface area contributed by atoms with Gasteiger partial charge in [-0.25, -0.2) is 13.5 Å². The smallest absolute Gasteiger partial charge is 0.251 e. The second-order valence-electron chi connectivity index (χ2n) is 8.21. The highest BCUT2D eigenvalue weighted by molar-refractivity contribution is 9.10. The molecule has 0 spiro atoms. The van der Waals surface area contributed by atoms with E-state index in [1.54, 1.807) is 33.8 Å². The molecule has 0 unspecified atom stereocenters. The van der Waals surface area contributed by atoms with Crippen LogP contribution in [0.2, 0.25) is 0 Å². The van der Waals surface area contributed by atoms with Gasteiger partial charge in [0.2, 0.25) is 0 Å². The lowest BCUT2D eigenvalue weighted by atomic mass is 10.0. The highest BCUT2D eigenvalue weighted by atomic mass is 79.9. The van der Waals surface area contributed by atoms with Gasteiger partial charge in [-0.2, -0.15) is 5.10 Å². The number of benzene rings is 3. The molecule has 0 saturated carbocycles. The zero-order chi connectivity index (χ0) is 24.5. The number of anilines is 1. The van der Waals surface area contributed by atoms with E-state index in [-0.39, 0.29) is 31.3 Å². The molecule has 6 nitrogen and oxygen atoms in total. The molecule has 9 heteroatoms. The van der Waals surface area contributed by atoms with E-state index < -0.39 is 12.0 Å². The molecule has 178 valence electrons. The fourth-order valence-electron chi connectivity index (χ4n) is 4.08. The highest BCUT2D eigenvalue weighted by Gasteiger charge is 2.36. The predicted octanol–water partition coefficient (Wildman–Crippen LogP) is 5.26. The maximum atomic E-state index is 14.3. The van der Waals surface area contributed by atoms with Gasteiger partial charge in [0.05, 0.1) is 5.69 Å². The normalized spacial score (nSPS) is 15.7. The van der Waals surface area contributed by atoms with Crippen LogP contribution in [0.3, 0.4) is 0 Å². The van der Waals surface area contributed by atoms with Crippen LogP contribution in [0.4, 0.5) is 14.5 Å². The number of nitrogens with zero attached hydrogens (tertiary/aromatic N) is 3. The van der Waals surface area contributed by atoms with Gasteiger partial charge >= 0.3 is 0 Å². The molecule has 0 aliphatic carbocycles. The maximum Gasteiger partial charge on any atom is 0.251 e. The number of nitrogen functional groups attached to an aromatic ring is 1. The zero-order valence-corrected chi connectivity index (χ0v) is 20.1. The minimum absolute atomic E-state index is 0.108. The van der Waals surface area contributed by atoms with Crippen LogP contribution in [0.5, 0.6) is 0 Å². The third-order valence-electron chi connectivity index (χ3n) is 5.89. The zero-order valence-electron chi connectivity index (χ0n) is 18.5. The van der Waals surface area contributed by atoms with Crippen LogP contribution in [-0.4, -0.2) is 33.7 Å². The van der Waals surface area contributed by atoms with Crippen molar-refractivity contribution in [3.8, 4) is 16.8 Å². The largest absolute Gasteiger partial charge is 0.399 e. The molecule has 5 rings (SSSR count). The molecule has 1 aliphatic rings. The number of hydrogen-bond acceptors (Lipinski definition) is 4. The van der Waals surface area contributed by atoms with Crippen molar-refractivity contribution in [1.29, 1.82) is 0 Å². The minimum atomic E-state index is -0.768. The Morgan fingerprint density at radius 1 is 1.06 bits per heavy atom. The first-order chi connectivity index (χ1) is 16.9. The summed E-state index contributed by atoms with van der Waals surface area (Å²) in [5.41, 5.74) is 9.20. The van der Waals surface area contributed by atoms with E-state index in [1.807, 2.05) is 30.5 Å². The number of rotatable bonds is 6. The summed E-state index contributed by atoms with van der Waals surface area (Å²) in [6, 6.07) is 18.2. The van der Waals surface area contributed by atoms with Crippen LogP contribution in [0.15, 0.2) is 77.4 Å². The van der Waals surface area contributed by atoms with Gasteiger partial charge in [-0.05, 0) is 66.1 Å². The van der Waals surface area contributed by atoms with Gasteiger partial charge < -0.3 is 15.4 Å². The molecule has 2 heterocycles. The van der Waals surface area contributed by atoms with Crippen molar-refractivity contribution >= 4 is 27.5 Å². The van der Waals surface area contributed by atoms with Crippen molar-refractivity contribution in [2.24, 2.45) is 0 Å². The number of amides is 1. The first kappa shape index (κ1) is 23.2. The number of aromatic nitrogens is 2. The molecule has 2 N–H and O–H groups in total. The average Bonchev–Trinajstić information content (AvgIpc) is 3.43. The lowest BCUT2D eigenvalue weighted by Gasteiger charge is -2.23. The monoisotopic (exact) mass is 538 g/mol. The van der Waals surface area contributed by atoms with Gasteiger partial charge in [0.25, 0.3) is 5.91 Å². The molecule has 0 bridgehead atoms. The number of carbonyl (C=O) groups is 1. The van der Waals surface area contributed by atoms with Crippen LogP contribution in [0.25, 0.3) is 16.8 Å². The SMILES string of the molecule is Nc1ccc(CCN2C(=O)CO[C@H]2c2nn(-c3ccc(Br)cc3)cc2-c2ccc(F)cc2)c(F)c1. The lowest BCUT2D eigenvalue weighted by Crippen LogP contribution is -2.31. The number of carbonyl (C=O) groups excluding carboxylic acids is 1. The van der Waals surface area contributed by atoms with Gasteiger partial charge in [-0.1, -0.05) is 34.1 Å². The lowest BCUT2D eigenvalue weighted by molar-refractivity contribution is -0.128. The second-order valence-corrected chi connectivity index (χ2v) is 9.12. The third kappa shape index (κ3) is 4.82. The van der Waals surface area contributed by atoms with Crippen LogP contribution in [0, 0.1) is 11.6 Å². The molecule has 1 aliphatic heterocycles. The first-order valence-corrected chi connectivity index (χ1v) is 11.7. The van der Waals surface area contributed by atoms with Gasteiger partial charge in [-0.3, -0.25) is 4.79 Å². The van der Waals surface area contributed by atoms with Crippen molar-refractivity contribution in [2.45, 2.75) is 12.6 Å². The van der Waals surface area contributed by atoms with E-state index >= 15 is 0 Å². The van der Waals surface area contributed by atoms with Crippen LogP contribution < -0.4 is 5.73 Å².